The fraction of sp³-hybridized carbons (Fsp3) is 0.462. The molecule has 0 aliphatic carbocycles. The van der Waals surface area contributed by atoms with Crippen molar-refractivity contribution in [2.45, 2.75) is 89.9 Å². The summed E-state index contributed by atoms with van der Waals surface area (Å²) in [5.41, 5.74) is 1.78. The molecule has 0 aliphatic rings. The number of carbonyl (C=O) groups excluding carboxylic acids is 3. The highest BCUT2D eigenvalue weighted by molar-refractivity contribution is 5.85. The Labute approximate surface area is 296 Å². The van der Waals surface area contributed by atoms with Gasteiger partial charge in [-0.3, -0.25) is 4.79 Å². The van der Waals surface area contributed by atoms with Gasteiger partial charge in [0.25, 0.3) is 0 Å². The number of hydrogen-bond acceptors (Lipinski definition) is 8. The van der Waals surface area contributed by atoms with Gasteiger partial charge in [0.1, 0.15) is 17.7 Å². The monoisotopic (exact) mass is 689 g/mol. The molecule has 50 heavy (non-hydrogen) atoms. The Hall–Kier alpha value is -4.45. The minimum atomic E-state index is -1.46. The summed E-state index contributed by atoms with van der Waals surface area (Å²) in [5.74, 6) is -0.863. The molecule has 0 spiro atoms. The van der Waals surface area contributed by atoms with Gasteiger partial charge in [-0.1, -0.05) is 105 Å². The van der Waals surface area contributed by atoms with Gasteiger partial charge in [0.2, 0.25) is 5.91 Å². The zero-order valence-corrected chi connectivity index (χ0v) is 30.0. The highest BCUT2D eigenvalue weighted by atomic mass is 16.6. The van der Waals surface area contributed by atoms with Crippen LogP contribution in [0.5, 0.6) is 0 Å². The quantitative estimate of drug-likeness (QED) is 0.168. The maximum absolute atomic E-state index is 14.2. The third-order valence-corrected chi connectivity index (χ3v) is 8.40. The zero-order chi connectivity index (χ0) is 36.8. The summed E-state index contributed by atoms with van der Waals surface area (Å²) in [5, 5.41) is 41.1. The fourth-order valence-corrected chi connectivity index (χ4v) is 5.86. The first-order valence-corrected chi connectivity index (χ1v) is 17.1. The molecule has 3 amide bonds. The lowest BCUT2D eigenvalue weighted by Gasteiger charge is -2.41. The Morgan fingerprint density at radius 1 is 0.780 bits per heavy atom. The van der Waals surface area contributed by atoms with Crippen molar-refractivity contribution in [3.8, 4) is 0 Å². The molecule has 5 atom stereocenters. The average Bonchev–Trinajstić information content (AvgIpc) is 3.06. The topological polar surface area (TPSA) is 154 Å². The van der Waals surface area contributed by atoms with Gasteiger partial charge in [0.05, 0.1) is 24.3 Å². The summed E-state index contributed by atoms with van der Waals surface area (Å²) in [6.07, 6.45) is -3.65. The molecule has 0 fully saturated rings. The molecule has 3 aromatic rings. The average molecular weight is 690 g/mol. The zero-order valence-electron chi connectivity index (χ0n) is 30.0. The van der Waals surface area contributed by atoms with E-state index in [1.807, 2.05) is 66.7 Å². The predicted molar refractivity (Wildman–Crippen MR) is 191 cm³/mol. The SMILES string of the molecule is CC(C)[C@@H](C(=O)N(C)[C@@H](Cc1ccccc1)[C@H](O)CNC[C@@H](O)[C@H](Cc1ccccc1)NC(=O)OC(C)(C)C)N(Cc1ccccc1)C(=O)[O-]. The standard InChI is InChI=1S/C39H54N4O7/c1-27(2)35(43(38(48)49)26-30-20-14-9-15-21-30)36(46)42(6)32(23-29-18-12-8-13-19-29)34(45)25-40-24-33(44)31(22-28-16-10-7-11-17-28)41-37(47)50-39(3,4)5/h7-21,27,31-35,40,44-45H,22-26H2,1-6H3,(H,41,47)(H,48,49)/p-1/t31-,32-,33+,34+,35-/m0/s1. The number of carboxylic acid groups (broad SMARTS) is 1. The van der Waals surface area contributed by atoms with Crippen molar-refractivity contribution in [1.29, 1.82) is 0 Å². The molecule has 11 heteroatoms. The highest BCUT2D eigenvalue weighted by Gasteiger charge is 2.36. The number of alkyl carbamates (subject to hydrolysis) is 1. The number of amides is 3. The number of nitrogens with one attached hydrogen (secondary N) is 2. The van der Waals surface area contributed by atoms with E-state index in [2.05, 4.69) is 10.6 Å². The van der Waals surface area contributed by atoms with Crippen LogP contribution in [0.1, 0.15) is 51.3 Å². The molecule has 3 rings (SSSR count). The minimum absolute atomic E-state index is 0.00274. The Bertz CT molecular complexity index is 1470. The van der Waals surface area contributed by atoms with Crippen LogP contribution in [-0.2, 0) is 28.9 Å². The van der Waals surface area contributed by atoms with Gasteiger partial charge >= 0.3 is 6.09 Å². The van der Waals surface area contributed by atoms with Crippen LogP contribution in [0.4, 0.5) is 9.59 Å². The second-order valence-corrected chi connectivity index (χ2v) is 14.0. The van der Waals surface area contributed by atoms with Crippen LogP contribution in [0, 0.1) is 5.92 Å². The van der Waals surface area contributed by atoms with Crippen molar-refractivity contribution in [1.82, 2.24) is 20.4 Å². The Kier molecular flexibility index (Phi) is 15.3. The smallest absolute Gasteiger partial charge is 0.407 e. The Morgan fingerprint density at radius 3 is 1.74 bits per heavy atom. The summed E-state index contributed by atoms with van der Waals surface area (Å²) < 4.78 is 5.43. The van der Waals surface area contributed by atoms with Crippen LogP contribution >= 0.6 is 0 Å². The first kappa shape index (κ1) is 40.0. The van der Waals surface area contributed by atoms with Crippen LogP contribution < -0.4 is 15.7 Å². The number of likely N-dealkylation sites (N-methyl/N-ethyl adjacent to an activating group) is 1. The number of nitrogens with zero attached hydrogens (tertiary/aromatic N) is 2. The van der Waals surface area contributed by atoms with Crippen LogP contribution in [0.3, 0.4) is 0 Å². The van der Waals surface area contributed by atoms with Crippen molar-refractivity contribution in [2.75, 3.05) is 20.1 Å². The molecular formula is C39H53N4O7-. The van der Waals surface area contributed by atoms with Crippen molar-refractivity contribution >= 4 is 18.1 Å². The lowest BCUT2D eigenvalue weighted by molar-refractivity contribution is -0.269. The molecule has 3 aromatic carbocycles. The van der Waals surface area contributed by atoms with E-state index >= 15 is 0 Å². The molecule has 0 heterocycles. The molecule has 0 aliphatic heterocycles. The molecule has 0 unspecified atom stereocenters. The maximum Gasteiger partial charge on any atom is 0.407 e. The number of aliphatic hydroxyl groups excluding tert-OH is 2. The van der Waals surface area contributed by atoms with Gasteiger partial charge < -0.3 is 45.3 Å². The lowest BCUT2D eigenvalue weighted by Crippen LogP contribution is -2.59. The highest BCUT2D eigenvalue weighted by Crippen LogP contribution is 2.21. The summed E-state index contributed by atoms with van der Waals surface area (Å²) in [7, 11) is 1.57. The predicted octanol–water partition coefficient (Wildman–Crippen LogP) is 3.37. The van der Waals surface area contributed by atoms with Crippen LogP contribution in [0.15, 0.2) is 91.0 Å². The van der Waals surface area contributed by atoms with E-state index in [-0.39, 0.29) is 19.6 Å². The molecule has 0 aromatic heterocycles. The van der Waals surface area contributed by atoms with Crippen molar-refractivity contribution in [3.05, 3.63) is 108 Å². The molecule has 11 nitrogen and oxygen atoms in total. The number of ether oxygens (including phenoxy) is 1. The van der Waals surface area contributed by atoms with E-state index in [4.69, 9.17) is 4.74 Å². The number of hydrogen-bond donors (Lipinski definition) is 4. The number of benzene rings is 3. The fourth-order valence-electron chi connectivity index (χ4n) is 5.86. The summed E-state index contributed by atoms with van der Waals surface area (Å²) in [6.45, 7) is 8.82. The number of carbonyl (C=O) groups is 3. The van der Waals surface area contributed by atoms with Gasteiger partial charge in [0, 0.05) is 26.7 Å². The van der Waals surface area contributed by atoms with Crippen molar-refractivity contribution in [2.24, 2.45) is 5.92 Å². The summed E-state index contributed by atoms with van der Waals surface area (Å²) in [4.78, 5) is 41.7. The second kappa shape index (κ2) is 19.1. The Balaban J connectivity index is 1.78. The third-order valence-electron chi connectivity index (χ3n) is 8.40. The first-order valence-electron chi connectivity index (χ1n) is 17.1. The van der Waals surface area contributed by atoms with Crippen molar-refractivity contribution in [3.63, 3.8) is 0 Å². The van der Waals surface area contributed by atoms with Gasteiger partial charge in [0.15, 0.2) is 0 Å². The third kappa shape index (κ3) is 12.8. The van der Waals surface area contributed by atoms with E-state index in [1.165, 1.54) is 4.90 Å². The second-order valence-electron chi connectivity index (χ2n) is 14.0. The number of rotatable bonds is 17. The summed E-state index contributed by atoms with van der Waals surface area (Å²) in [6, 6.07) is 25.3. The van der Waals surface area contributed by atoms with Gasteiger partial charge in [-0.25, -0.2) is 4.79 Å². The molecule has 0 saturated carbocycles. The van der Waals surface area contributed by atoms with E-state index in [0.717, 1.165) is 16.0 Å². The molecule has 4 N–H and O–H groups in total. The van der Waals surface area contributed by atoms with E-state index in [9.17, 15) is 29.7 Å². The largest absolute Gasteiger partial charge is 0.530 e. The molecule has 0 saturated heterocycles. The van der Waals surface area contributed by atoms with Crippen LogP contribution in [0.2, 0.25) is 0 Å². The number of aliphatic hydroxyl groups is 2. The molecular weight excluding hydrogens is 636 g/mol. The Morgan fingerprint density at radius 2 is 1.26 bits per heavy atom. The normalized spacial score (nSPS) is 14.6. The van der Waals surface area contributed by atoms with E-state index in [0.29, 0.717) is 18.4 Å². The molecule has 0 radical (unpaired) electrons. The van der Waals surface area contributed by atoms with Gasteiger partial charge in [-0.05, 0) is 56.2 Å². The maximum atomic E-state index is 14.2. The van der Waals surface area contributed by atoms with Crippen LogP contribution in [-0.4, -0.2) is 94.2 Å². The van der Waals surface area contributed by atoms with E-state index in [1.54, 1.807) is 65.9 Å². The lowest BCUT2D eigenvalue weighted by atomic mass is 9.95. The van der Waals surface area contributed by atoms with Crippen LogP contribution in [0.25, 0.3) is 0 Å². The molecule has 0 bridgehead atoms. The van der Waals surface area contributed by atoms with Gasteiger partial charge in [-0.15, -0.1) is 0 Å². The first-order chi connectivity index (χ1) is 23.7. The molecule has 272 valence electrons. The van der Waals surface area contributed by atoms with Crippen molar-refractivity contribution < 1.29 is 34.4 Å². The van der Waals surface area contributed by atoms with Gasteiger partial charge in [-0.2, -0.15) is 0 Å². The minimum Gasteiger partial charge on any atom is -0.530 e. The van der Waals surface area contributed by atoms with E-state index < -0.39 is 59.9 Å². The summed E-state index contributed by atoms with van der Waals surface area (Å²) >= 11 is 0.